The maximum atomic E-state index is 5.82. The SMILES string of the molecule is CNC(c1cnsn1)c1cc2ccccc2o1. The molecule has 0 saturated carbocycles. The fourth-order valence-corrected chi connectivity index (χ4v) is 2.33. The Balaban J connectivity index is 2.07. The molecule has 0 radical (unpaired) electrons. The summed E-state index contributed by atoms with van der Waals surface area (Å²) in [6.45, 7) is 0. The molecule has 4 nitrogen and oxygen atoms in total. The van der Waals surface area contributed by atoms with Crippen molar-refractivity contribution in [1.29, 1.82) is 0 Å². The molecule has 1 atom stereocenters. The predicted octanol–water partition coefficient (Wildman–Crippen LogP) is 2.59. The van der Waals surface area contributed by atoms with Crippen LogP contribution in [0.3, 0.4) is 0 Å². The largest absolute Gasteiger partial charge is 0.459 e. The van der Waals surface area contributed by atoms with Gasteiger partial charge in [-0.25, -0.2) is 0 Å². The van der Waals surface area contributed by atoms with Gasteiger partial charge in [0.1, 0.15) is 17.4 Å². The van der Waals surface area contributed by atoms with Gasteiger partial charge >= 0.3 is 0 Å². The second kappa shape index (κ2) is 4.27. The van der Waals surface area contributed by atoms with E-state index in [2.05, 4.69) is 14.1 Å². The predicted molar refractivity (Wildman–Crippen MR) is 67.0 cm³/mol. The summed E-state index contributed by atoms with van der Waals surface area (Å²) in [4.78, 5) is 0. The van der Waals surface area contributed by atoms with Crippen molar-refractivity contribution in [2.75, 3.05) is 7.05 Å². The molecule has 0 fully saturated rings. The molecule has 17 heavy (non-hydrogen) atoms. The van der Waals surface area contributed by atoms with Crippen molar-refractivity contribution in [2.24, 2.45) is 0 Å². The van der Waals surface area contributed by atoms with E-state index in [9.17, 15) is 0 Å². The van der Waals surface area contributed by atoms with E-state index in [4.69, 9.17) is 4.42 Å². The lowest BCUT2D eigenvalue weighted by molar-refractivity contribution is 0.487. The maximum Gasteiger partial charge on any atom is 0.134 e. The summed E-state index contributed by atoms with van der Waals surface area (Å²) in [5.74, 6) is 0.862. The zero-order valence-corrected chi connectivity index (χ0v) is 10.1. The molecule has 0 saturated heterocycles. The molecule has 3 aromatic rings. The molecule has 2 aromatic heterocycles. The number of fused-ring (bicyclic) bond motifs is 1. The second-order valence-corrected chi connectivity index (χ2v) is 4.30. The number of para-hydroxylation sites is 1. The van der Waals surface area contributed by atoms with Gasteiger partial charge in [-0.1, -0.05) is 18.2 Å². The summed E-state index contributed by atoms with van der Waals surface area (Å²) in [6, 6.07) is 9.96. The van der Waals surface area contributed by atoms with Gasteiger partial charge in [0.15, 0.2) is 0 Å². The molecule has 1 unspecified atom stereocenters. The van der Waals surface area contributed by atoms with Gasteiger partial charge in [-0.2, -0.15) is 8.75 Å². The molecule has 0 aliphatic rings. The first-order valence-corrected chi connectivity index (χ1v) is 6.04. The second-order valence-electron chi connectivity index (χ2n) is 3.74. The van der Waals surface area contributed by atoms with Crippen LogP contribution in [0.15, 0.2) is 40.9 Å². The molecular formula is C12H11N3OS. The maximum absolute atomic E-state index is 5.82. The Morgan fingerprint density at radius 1 is 1.35 bits per heavy atom. The quantitative estimate of drug-likeness (QED) is 0.770. The van der Waals surface area contributed by atoms with Gasteiger partial charge in [-0.05, 0) is 19.2 Å². The van der Waals surface area contributed by atoms with E-state index < -0.39 is 0 Å². The summed E-state index contributed by atoms with van der Waals surface area (Å²) < 4.78 is 14.1. The Hall–Kier alpha value is -1.72. The highest BCUT2D eigenvalue weighted by Crippen LogP contribution is 2.27. The molecule has 0 aliphatic carbocycles. The minimum Gasteiger partial charge on any atom is -0.459 e. The number of nitrogens with zero attached hydrogens (tertiary/aromatic N) is 2. The molecule has 0 aliphatic heterocycles. The Morgan fingerprint density at radius 3 is 2.94 bits per heavy atom. The van der Waals surface area contributed by atoms with Gasteiger partial charge in [-0.15, -0.1) is 0 Å². The van der Waals surface area contributed by atoms with Crippen LogP contribution in [0.2, 0.25) is 0 Å². The minimum atomic E-state index is -0.0406. The molecule has 0 amide bonds. The highest BCUT2D eigenvalue weighted by Gasteiger charge is 2.18. The molecular weight excluding hydrogens is 234 g/mol. The molecule has 0 bridgehead atoms. The topological polar surface area (TPSA) is 51.0 Å². The number of aromatic nitrogens is 2. The van der Waals surface area contributed by atoms with E-state index in [1.165, 1.54) is 11.7 Å². The van der Waals surface area contributed by atoms with Crippen LogP contribution in [0.25, 0.3) is 11.0 Å². The molecule has 2 heterocycles. The standard InChI is InChI=1S/C12H11N3OS/c1-13-12(9-7-14-17-15-9)11-6-8-4-2-3-5-10(8)16-11/h2-7,12-13H,1H3. The summed E-state index contributed by atoms with van der Waals surface area (Å²) in [5.41, 5.74) is 1.78. The Morgan fingerprint density at radius 2 is 2.24 bits per heavy atom. The normalized spacial score (nSPS) is 13.0. The smallest absolute Gasteiger partial charge is 0.134 e. The fourth-order valence-electron chi connectivity index (χ4n) is 1.88. The van der Waals surface area contributed by atoms with E-state index >= 15 is 0 Å². The number of benzene rings is 1. The van der Waals surface area contributed by atoms with Crippen molar-refractivity contribution in [3.63, 3.8) is 0 Å². The average molecular weight is 245 g/mol. The highest BCUT2D eigenvalue weighted by molar-refractivity contribution is 6.99. The van der Waals surface area contributed by atoms with Crippen LogP contribution in [0.1, 0.15) is 17.5 Å². The van der Waals surface area contributed by atoms with Crippen molar-refractivity contribution < 1.29 is 4.42 Å². The van der Waals surface area contributed by atoms with E-state index in [1.807, 2.05) is 37.4 Å². The number of furan rings is 1. The van der Waals surface area contributed by atoms with Crippen molar-refractivity contribution in [2.45, 2.75) is 6.04 Å². The van der Waals surface area contributed by atoms with Crippen LogP contribution < -0.4 is 5.32 Å². The van der Waals surface area contributed by atoms with Gasteiger partial charge in [0.2, 0.25) is 0 Å². The molecule has 3 rings (SSSR count). The summed E-state index contributed by atoms with van der Waals surface area (Å²) in [6.07, 6.45) is 1.76. The lowest BCUT2D eigenvalue weighted by Gasteiger charge is -2.09. The van der Waals surface area contributed by atoms with Crippen LogP contribution in [0.4, 0.5) is 0 Å². The number of nitrogens with one attached hydrogen (secondary N) is 1. The Kier molecular flexibility index (Phi) is 2.62. The van der Waals surface area contributed by atoms with Crippen LogP contribution in [0.5, 0.6) is 0 Å². The van der Waals surface area contributed by atoms with Gasteiger partial charge in [0.05, 0.1) is 23.6 Å². The average Bonchev–Trinajstić information content (AvgIpc) is 2.98. The van der Waals surface area contributed by atoms with Crippen LogP contribution in [0, 0.1) is 0 Å². The molecule has 86 valence electrons. The Labute approximate surface area is 103 Å². The molecule has 5 heteroatoms. The third kappa shape index (κ3) is 1.83. The minimum absolute atomic E-state index is 0.0406. The highest BCUT2D eigenvalue weighted by atomic mass is 32.1. The number of hydrogen-bond acceptors (Lipinski definition) is 5. The third-order valence-corrected chi connectivity index (χ3v) is 3.18. The van der Waals surface area contributed by atoms with Crippen molar-refractivity contribution >= 4 is 22.7 Å². The number of rotatable bonds is 3. The number of hydrogen-bond donors (Lipinski definition) is 1. The van der Waals surface area contributed by atoms with Gasteiger partial charge < -0.3 is 9.73 Å². The molecule has 1 aromatic carbocycles. The van der Waals surface area contributed by atoms with E-state index in [0.29, 0.717) is 0 Å². The summed E-state index contributed by atoms with van der Waals surface area (Å²) in [7, 11) is 1.89. The lowest BCUT2D eigenvalue weighted by Crippen LogP contribution is -2.17. The van der Waals surface area contributed by atoms with E-state index in [0.717, 1.165) is 22.4 Å². The van der Waals surface area contributed by atoms with Crippen molar-refractivity contribution in [3.05, 3.63) is 48.0 Å². The fraction of sp³-hybridized carbons (Fsp3) is 0.167. The summed E-state index contributed by atoms with van der Waals surface area (Å²) in [5, 5.41) is 4.29. The zero-order chi connectivity index (χ0) is 11.7. The molecule has 0 spiro atoms. The first-order valence-electron chi connectivity index (χ1n) is 5.31. The van der Waals surface area contributed by atoms with Gasteiger partial charge in [-0.3, -0.25) is 0 Å². The first kappa shape index (κ1) is 10.4. The van der Waals surface area contributed by atoms with Gasteiger partial charge in [0, 0.05) is 5.39 Å². The Bertz CT molecular complexity index is 585. The van der Waals surface area contributed by atoms with E-state index in [-0.39, 0.29) is 6.04 Å². The first-order chi connectivity index (χ1) is 8.38. The van der Waals surface area contributed by atoms with Crippen LogP contribution in [-0.2, 0) is 0 Å². The van der Waals surface area contributed by atoms with Crippen LogP contribution >= 0.6 is 11.7 Å². The zero-order valence-electron chi connectivity index (χ0n) is 9.25. The van der Waals surface area contributed by atoms with Crippen molar-refractivity contribution in [3.8, 4) is 0 Å². The summed E-state index contributed by atoms with van der Waals surface area (Å²) >= 11 is 1.20. The van der Waals surface area contributed by atoms with Crippen molar-refractivity contribution in [1.82, 2.24) is 14.1 Å². The van der Waals surface area contributed by atoms with Gasteiger partial charge in [0.25, 0.3) is 0 Å². The molecule has 1 N–H and O–H groups in total. The lowest BCUT2D eigenvalue weighted by atomic mass is 10.1. The third-order valence-electron chi connectivity index (χ3n) is 2.69. The van der Waals surface area contributed by atoms with Crippen LogP contribution in [-0.4, -0.2) is 15.8 Å². The van der Waals surface area contributed by atoms with E-state index in [1.54, 1.807) is 6.20 Å². The monoisotopic (exact) mass is 245 g/mol.